The third kappa shape index (κ3) is 5.86. The number of hydrogen-bond acceptors (Lipinski definition) is 5. The zero-order valence-electron chi connectivity index (χ0n) is 17.1. The molecule has 0 unspecified atom stereocenters. The standard InChI is InChI=1S/C24H21N3O4/c1-16-7-3-5-9-20(16)24(30)31-19-13-11-18(12-14-19)15-25-27-23(29)22(28)26-21-10-6-4-8-17(21)2/h3-15H,1-2H3,(H,26,28)(H,27,29)/b25-15+. The topological polar surface area (TPSA) is 96.9 Å². The minimum atomic E-state index is -0.886. The molecule has 3 aromatic rings. The molecule has 0 heterocycles. The second-order valence-corrected chi connectivity index (χ2v) is 6.74. The van der Waals surface area contributed by atoms with Gasteiger partial charge in [0.15, 0.2) is 0 Å². The van der Waals surface area contributed by atoms with Gasteiger partial charge in [0.2, 0.25) is 0 Å². The Morgan fingerprint density at radius 2 is 1.45 bits per heavy atom. The Morgan fingerprint density at radius 3 is 2.13 bits per heavy atom. The van der Waals surface area contributed by atoms with Gasteiger partial charge in [0.1, 0.15) is 5.75 Å². The van der Waals surface area contributed by atoms with E-state index in [4.69, 9.17) is 4.74 Å². The summed E-state index contributed by atoms with van der Waals surface area (Å²) >= 11 is 0. The summed E-state index contributed by atoms with van der Waals surface area (Å²) < 4.78 is 5.37. The van der Waals surface area contributed by atoms with E-state index in [2.05, 4.69) is 15.8 Å². The number of nitrogens with zero attached hydrogens (tertiary/aromatic N) is 1. The number of ether oxygens (including phenoxy) is 1. The van der Waals surface area contributed by atoms with Gasteiger partial charge in [-0.1, -0.05) is 36.4 Å². The van der Waals surface area contributed by atoms with E-state index < -0.39 is 17.8 Å². The smallest absolute Gasteiger partial charge is 0.343 e. The van der Waals surface area contributed by atoms with Crippen molar-refractivity contribution in [1.29, 1.82) is 0 Å². The quantitative estimate of drug-likeness (QED) is 0.219. The minimum absolute atomic E-state index is 0.382. The molecule has 156 valence electrons. The van der Waals surface area contributed by atoms with Crippen LogP contribution in [0.4, 0.5) is 5.69 Å². The van der Waals surface area contributed by atoms with Crippen LogP contribution in [0.15, 0.2) is 77.9 Å². The lowest BCUT2D eigenvalue weighted by Crippen LogP contribution is -2.32. The molecule has 0 atom stereocenters. The molecular formula is C24H21N3O4. The van der Waals surface area contributed by atoms with E-state index >= 15 is 0 Å². The fourth-order valence-electron chi connectivity index (χ4n) is 2.69. The first-order valence-corrected chi connectivity index (χ1v) is 9.52. The molecule has 3 rings (SSSR count). The molecule has 31 heavy (non-hydrogen) atoms. The zero-order valence-corrected chi connectivity index (χ0v) is 17.1. The number of hydrogen-bond donors (Lipinski definition) is 2. The van der Waals surface area contributed by atoms with Crippen LogP contribution < -0.4 is 15.5 Å². The second kappa shape index (κ2) is 9.98. The minimum Gasteiger partial charge on any atom is -0.423 e. The summed E-state index contributed by atoms with van der Waals surface area (Å²) in [5, 5.41) is 6.31. The number of aryl methyl sites for hydroxylation is 2. The Kier molecular flexibility index (Phi) is 6.90. The summed E-state index contributed by atoms with van der Waals surface area (Å²) in [7, 11) is 0. The number of anilines is 1. The fraction of sp³-hybridized carbons (Fsp3) is 0.0833. The highest BCUT2D eigenvalue weighted by atomic mass is 16.5. The Labute approximate surface area is 179 Å². The molecule has 0 bridgehead atoms. The van der Waals surface area contributed by atoms with Crippen molar-refractivity contribution in [2.24, 2.45) is 5.10 Å². The molecule has 0 fully saturated rings. The van der Waals surface area contributed by atoms with Gasteiger partial charge in [-0.2, -0.15) is 5.10 Å². The lowest BCUT2D eigenvalue weighted by Gasteiger charge is -2.07. The number of carbonyl (C=O) groups excluding carboxylic acids is 3. The van der Waals surface area contributed by atoms with Crippen molar-refractivity contribution >= 4 is 29.7 Å². The van der Waals surface area contributed by atoms with Crippen LogP contribution >= 0.6 is 0 Å². The van der Waals surface area contributed by atoms with E-state index in [0.717, 1.165) is 11.1 Å². The molecule has 0 saturated heterocycles. The van der Waals surface area contributed by atoms with Gasteiger partial charge in [0, 0.05) is 5.69 Å². The van der Waals surface area contributed by atoms with E-state index in [1.54, 1.807) is 48.5 Å². The molecule has 0 aliphatic rings. The summed E-state index contributed by atoms with van der Waals surface area (Å²) in [5.74, 6) is -1.76. The van der Waals surface area contributed by atoms with Crippen LogP contribution in [-0.4, -0.2) is 24.0 Å². The van der Waals surface area contributed by atoms with Crippen molar-refractivity contribution in [3.8, 4) is 5.75 Å². The maximum Gasteiger partial charge on any atom is 0.343 e. The summed E-state index contributed by atoms with van der Waals surface area (Å²) in [4.78, 5) is 36.1. The number of carbonyl (C=O) groups is 3. The Morgan fingerprint density at radius 1 is 0.806 bits per heavy atom. The Hall–Kier alpha value is -4.26. The van der Waals surface area contributed by atoms with Gasteiger partial charge >= 0.3 is 17.8 Å². The maximum atomic E-state index is 12.2. The number of rotatable bonds is 5. The predicted molar refractivity (Wildman–Crippen MR) is 118 cm³/mol. The summed E-state index contributed by atoms with van der Waals surface area (Å²) in [6.45, 7) is 3.67. The molecular weight excluding hydrogens is 394 g/mol. The van der Waals surface area contributed by atoms with Crippen LogP contribution in [0.5, 0.6) is 5.75 Å². The van der Waals surface area contributed by atoms with Crippen molar-refractivity contribution in [1.82, 2.24) is 5.43 Å². The molecule has 0 aliphatic carbocycles. The van der Waals surface area contributed by atoms with E-state index in [9.17, 15) is 14.4 Å². The highest BCUT2D eigenvalue weighted by Gasteiger charge is 2.14. The van der Waals surface area contributed by atoms with Crippen LogP contribution in [-0.2, 0) is 9.59 Å². The number of amides is 2. The number of nitrogens with one attached hydrogen (secondary N) is 2. The number of para-hydroxylation sites is 1. The van der Waals surface area contributed by atoms with E-state index in [0.29, 0.717) is 22.6 Å². The van der Waals surface area contributed by atoms with Gasteiger partial charge < -0.3 is 10.1 Å². The second-order valence-electron chi connectivity index (χ2n) is 6.74. The fourth-order valence-corrected chi connectivity index (χ4v) is 2.69. The number of hydrazone groups is 1. The number of esters is 1. The van der Waals surface area contributed by atoms with Crippen molar-refractivity contribution in [3.05, 3.63) is 95.1 Å². The van der Waals surface area contributed by atoms with Gasteiger partial charge in [-0.05, 0) is 66.9 Å². The molecule has 7 nitrogen and oxygen atoms in total. The van der Waals surface area contributed by atoms with Crippen molar-refractivity contribution < 1.29 is 19.1 Å². The lowest BCUT2D eigenvalue weighted by molar-refractivity contribution is -0.136. The Balaban J connectivity index is 1.53. The largest absolute Gasteiger partial charge is 0.423 e. The van der Waals surface area contributed by atoms with Crippen LogP contribution in [0.25, 0.3) is 0 Å². The first kappa shape index (κ1) is 21.4. The third-order valence-corrected chi connectivity index (χ3v) is 4.43. The monoisotopic (exact) mass is 415 g/mol. The van der Waals surface area contributed by atoms with Gasteiger partial charge in [0.25, 0.3) is 0 Å². The molecule has 0 spiro atoms. The van der Waals surface area contributed by atoms with Gasteiger partial charge in [-0.15, -0.1) is 0 Å². The molecule has 7 heteroatoms. The zero-order chi connectivity index (χ0) is 22.2. The van der Waals surface area contributed by atoms with Crippen LogP contribution in [0, 0.1) is 13.8 Å². The highest BCUT2D eigenvalue weighted by molar-refractivity contribution is 6.39. The molecule has 0 aromatic heterocycles. The summed E-state index contributed by atoms with van der Waals surface area (Å²) in [5.41, 5.74) is 5.56. The predicted octanol–water partition coefficient (Wildman–Crippen LogP) is 3.61. The van der Waals surface area contributed by atoms with Crippen LogP contribution in [0.2, 0.25) is 0 Å². The SMILES string of the molecule is Cc1ccccc1NC(=O)C(=O)N/N=C/c1ccc(OC(=O)c2ccccc2C)cc1. The van der Waals surface area contributed by atoms with Gasteiger partial charge in [-0.3, -0.25) is 9.59 Å². The van der Waals surface area contributed by atoms with Gasteiger partial charge in [0.05, 0.1) is 11.8 Å². The maximum absolute atomic E-state index is 12.2. The van der Waals surface area contributed by atoms with Crippen LogP contribution in [0.3, 0.4) is 0 Å². The summed E-state index contributed by atoms with van der Waals surface area (Å²) in [6.07, 6.45) is 1.38. The normalized spacial score (nSPS) is 10.5. The van der Waals surface area contributed by atoms with Crippen LogP contribution in [0.1, 0.15) is 27.0 Å². The first-order valence-electron chi connectivity index (χ1n) is 9.52. The average Bonchev–Trinajstić information content (AvgIpc) is 2.76. The average molecular weight is 415 g/mol. The third-order valence-electron chi connectivity index (χ3n) is 4.43. The van der Waals surface area contributed by atoms with Gasteiger partial charge in [-0.25, -0.2) is 10.2 Å². The number of benzene rings is 3. The molecule has 0 radical (unpaired) electrons. The molecule has 0 saturated carbocycles. The summed E-state index contributed by atoms with van der Waals surface area (Å²) in [6, 6.07) is 20.9. The van der Waals surface area contributed by atoms with Crippen molar-refractivity contribution in [3.63, 3.8) is 0 Å². The molecule has 3 aromatic carbocycles. The Bertz CT molecular complexity index is 1140. The van der Waals surface area contributed by atoms with Crippen molar-refractivity contribution in [2.75, 3.05) is 5.32 Å². The molecule has 2 N–H and O–H groups in total. The molecule has 2 amide bonds. The van der Waals surface area contributed by atoms with E-state index in [-0.39, 0.29) is 0 Å². The van der Waals surface area contributed by atoms with E-state index in [1.807, 2.05) is 38.1 Å². The van der Waals surface area contributed by atoms with E-state index in [1.165, 1.54) is 6.21 Å². The highest BCUT2D eigenvalue weighted by Crippen LogP contribution is 2.15. The lowest BCUT2D eigenvalue weighted by atomic mass is 10.1. The van der Waals surface area contributed by atoms with Crippen molar-refractivity contribution in [2.45, 2.75) is 13.8 Å². The first-order chi connectivity index (χ1) is 14.9. The molecule has 0 aliphatic heterocycles.